The Bertz CT molecular complexity index is 311. The minimum absolute atomic E-state index is 0.248. The Morgan fingerprint density at radius 3 is 2.61 bits per heavy atom. The normalized spacial score (nSPS) is 12.4. The Kier molecular flexibility index (Phi) is 7.42. The first kappa shape index (κ1) is 15.0. The van der Waals surface area contributed by atoms with Gasteiger partial charge in [0.2, 0.25) is 5.88 Å². The Labute approximate surface area is 110 Å². The van der Waals surface area contributed by atoms with Crippen molar-refractivity contribution >= 4 is 0 Å². The van der Waals surface area contributed by atoms with E-state index in [4.69, 9.17) is 4.74 Å². The maximum Gasteiger partial charge on any atom is 0.212 e. The van der Waals surface area contributed by atoms with E-state index in [0.717, 1.165) is 18.4 Å². The third-order valence-electron chi connectivity index (χ3n) is 3.12. The number of pyridine rings is 1. The highest BCUT2D eigenvalue weighted by Gasteiger charge is 2.06. The highest BCUT2D eigenvalue weighted by atomic mass is 16.5. The molecule has 1 rings (SSSR count). The smallest absolute Gasteiger partial charge is 0.212 e. The SMILES string of the molecule is CCCCCCCC(O)Cc1ccc(OC)nc1. The maximum absolute atomic E-state index is 9.93. The molecule has 1 heterocycles. The number of aromatic nitrogens is 1. The number of aliphatic hydroxyl groups excluding tert-OH is 1. The number of rotatable bonds is 9. The van der Waals surface area contributed by atoms with Gasteiger partial charge in [-0.05, 0) is 18.4 Å². The molecule has 0 aromatic carbocycles. The number of hydrogen-bond acceptors (Lipinski definition) is 3. The molecule has 0 amide bonds. The summed E-state index contributed by atoms with van der Waals surface area (Å²) in [5, 5.41) is 9.93. The zero-order valence-electron chi connectivity index (χ0n) is 11.6. The van der Waals surface area contributed by atoms with Crippen molar-refractivity contribution in [2.45, 2.75) is 58.0 Å². The first-order chi connectivity index (χ1) is 8.76. The van der Waals surface area contributed by atoms with Crippen LogP contribution in [0.4, 0.5) is 0 Å². The number of ether oxygens (including phenoxy) is 1. The van der Waals surface area contributed by atoms with Gasteiger partial charge < -0.3 is 9.84 Å². The van der Waals surface area contributed by atoms with E-state index in [2.05, 4.69) is 11.9 Å². The Morgan fingerprint density at radius 1 is 1.22 bits per heavy atom. The first-order valence-electron chi connectivity index (χ1n) is 6.93. The van der Waals surface area contributed by atoms with E-state index in [-0.39, 0.29) is 6.10 Å². The van der Waals surface area contributed by atoms with Crippen molar-refractivity contribution in [3.63, 3.8) is 0 Å². The minimum atomic E-state index is -0.248. The fraction of sp³-hybridized carbons (Fsp3) is 0.667. The van der Waals surface area contributed by atoms with Crippen LogP contribution < -0.4 is 4.74 Å². The van der Waals surface area contributed by atoms with Crippen LogP contribution in [0.5, 0.6) is 5.88 Å². The van der Waals surface area contributed by atoms with Gasteiger partial charge in [0.05, 0.1) is 13.2 Å². The number of nitrogens with zero attached hydrogens (tertiary/aromatic N) is 1. The summed E-state index contributed by atoms with van der Waals surface area (Å²) in [5.74, 6) is 0.618. The molecule has 18 heavy (non-hydrogen) atoms. The monoisotopic (exact) mass is 251 g/mol. The van der Waals surface area contributed by atoms with Gasteiger partial charge in [0.25, 0.3) is 0 Å². The molecular weight excluding hydrogens is 226 g/mol. The van der Waals surface area contributed by atoms with E-state index < -0.39 is 0 Å². The number of aliphatic hydroxyl groups is 1. The van der Waals surface area contributed by atoms with Gasteiger partial charge in [-0.15, -0.1) is 0 Å². The molecule has 1 atom stereocenters. The van der Waals surface area contributed by atoms with Gasteiger partial charge in [0.1, 0.15) is 0 Å². The van der Waals surface area contributed by atoms with E-state index in [0.29, 0.717) is 12.3 Å². The molecule has 0 aliphatic heterocycles. The molecule has 0 saturated carbocycles. The summed E-state index contributed by atoms with van der Waals surface area (Å²) in [6.07, 6.45) is 9.30. The summed E-state index contributed by atoms with van der Waals surface area (Å²) in [6, 6.07) is 3.80. The van der Waals surface area contributed by atoms with Gasteiger partial charge in [-0.25, -0.2) is 4.98 Å². The van der Waals surface area contributed by atoms with Crippen molar-refractivity contribution in [3.8, 4) is 5.88 Å². The fourth-order valence-corrected chi connectivity index (χ4v) is 2.01. The predicted octanol–water partition coefficient (Wildman–Crippen LogP) is 3.35. The standard InChI is InChI=1S/C15H25NO2/c1-3-4-5-6-7-8-14(17)11-13-9-10-15(18-2)16-12-13/h9-10,12,14,17H,3-8,11H2,1-2H3. The van der Waals surface area contributed by atoms with Crippen LogP contribution in [0.1, 0.15) is 51.0 Å². The third-order valence-corrected chi connectivity index (χ3v) is 3.12. The van der Waals surface area contributed by atoms with Crippen LogP contribution in [-0.4, -0.2) is 23.3 Å². The minimum Gasteiger partial charge on any atom is -0.481 e. The summed E-state index contributed by atoms with van der Waals surface area (Å²) < 4.78 is 5.00. The van der Waals surface area contributed by atoms with Gasteiger partial charge in [0.15, 0.2) is 0 Å². The van der Waals surface area contributed by atoms with Crippen molar-refractivity contribution in [3.05, 3.63) is 23.9 Å². The third kappa shape index (κ3) is 6.01. The quantitative estimate of drug-likeness (QED) is 0.684. The summed E-state index contributed by atoms with van der Waals surface area (Å²) in [7, 11) is 1.60. The molecule has 0 aliphatic rings. The summed E-state index contributed by atoms with van der Waals surface area (Å²) in [6.45, 7) is 2.21. The van der Waals surface area contributed by atoms with Crippen LogP contribution in [0.25, 0.3) is 0 Å². The Morgan fingerprint density at radius 2 is 2.00 bits per heavy atom. The van der Waals surface area contributed by atoms with Crippen LogP contribution in [-0.2, 0) is 6.42 Å². The Hall–Kier alpha value is -1.09. The van der Waals surface area contributed by atoms with E-state index in [1.807, 2.05) is 12.1 Å². The number of unbranched alkanes of at least 4 members (excludes halogenated alkanes) is 4. The van der Waals surface area contributed by atoms with Crippen LogP contribution >= 0.6 is 0 Å². The van der Waals surface area contributed by atoms with Crippen LogP contribution in [0, 0.1) is 0 Å². The van der Waals surface area contributed by atoms with Gasteiger partial charge in [-0.1, -0.05) is 45.1 Å². The lowest BCUT2D eigenvalue weighted by Crippen LogP contribution is -2.10. The highest BCUT2D eigenvalue weighted by Crippen LogP contribution is 2.12. The summed E-state index contributed by atoms with van der Waals surface area (Å²) in [4.78, 5) is 4.14. The molecule has 0 fully saturated rings. The van der Waals surface area contributed by atoms with Crippen molar-refractivity contribution in [2.75, 3.05) is 7.11 Å². The van der Waals surface area contributed by atoms with E-state index >= 15 is 0 Å². The molecule has 1 aromatic heterocycles. The fourth-order valence-electron chi connectivity index (χ4n) is 2.01. The molecule has 0 bridgehead atoms. The molecule has 102 valence electrons. The second-order valence-corrected chi connectivity index (χ2v) is 4.77. The second kappa shape index (κ2) is 8.92. The van der Waals surface area contributed by atoms with Crippen molar-refractivity contribution in [2.24, 2.45) is 0 Å². The van der Waals surface area contributed by atoms with Crippen LogP contribution in [0.2, 0.25) is 0 Å². The first-order valence-corrected chi connectivity index (χ1v) is 6.93. The number of methoxy groups -OCH3 is 1. The van der Waals surface area contributed by atoms with Crippen molar-refractivity contribution in [1.82, 2.24) is 4.98 Å². The average Bonchev–Trinajstić information content (AvgIpc) is 2.39. The van der Waals surface area contributed by atoms with Gasteiger partial charge in [-0.2, -0.15) is 0 Å². The summed E-state index contributed by atoms with van der Waals surface area (Å²) in [5.41, 5.74) is 1.07. The van der Waals surface area contributed by atoms with Crippen molar-refractivity contribution < 1.29 is 9.84 Å². The molecule has 0 saturated heterocycles. The molecule has 0 spiro atoms. The topological polar surface area (TPSA) is 42.4 Å². The molecule has 1 unspecified atom stereocenters. The largest absolute Gasteiger partial charge is 0.481 e. The lowest BCUT2D eigenvalue weighted by molar-refractivity contribution is 0.160. The average molecular weight is 251 g/mol. The van der Waals surface area contributed by atoms with Gasteiger partial charge in [0, 0.05) is 12.3 Å². The second-order valence-electron chi connectivity index (χ2n) is 4.77. The zero-order chi connectivity index (χ0) is 13.2. The number of hydrogen-bond donors (Lipinski definition) is 1. The van der Waals surface area contributed by atoms with Crippen LogP contribution in [0.15, 0.2) is 18.3 Å². The van der Waals surface area contributed by atoms with Gasteiger partial charge in [-0.3, -0.25) is 0 Å². The maximum atomic E-state index is 9.93. The molecule has 1 N–H and O–H groups in total. The van der Waals surface area contributed by atoms with Crippen LogP contribution in [0.3, 0.4) is 0 Å². The molecule has 1 aromatic rings. The van der Waals surface area contributed by atoms with E-state index in [9.17, 15) is 5.11 Å². The summed E-state index contributed by atoms with van der Waals surface area (Å²) >= 11 is 0. The molecule has 0 radical (unpaired) electrons. The zero-order valence-corrected chi connectivity index (χ0v) is 11.6. The van der Waals surface area contributed by atoms with E-state index in [1.165, 1.54) is 25.7 Å². The van der Waals surface area contributed by atoms with Gasteiger partial charge >= 0.3 is 0 Å². The highest BCUT2D eigenvalue weighted by molar-refractivity contribution is 5.18. The molecule has 3 nitrogen and oxygen atoms in total. The lowest BCUT2D eigenvalue weighted by Gasteiger charge is -2.10. The molecular formula is C15H25NO2. The molecule has 0 aliphatic carbocycles. The lowest BCUT2D eigenvalue weighted by atomic mass is 10.0. The van der Waals surface area contributed by atoms with E-state index in [1.54, 1.807) is 13.3 Å². The predicted molar refractivity (Wildman–Crippen MR) is 73.9 cm³/mol. The molecule has 3 heteroatoms. The van der Waals surface area contributed by atoms with Crippen molar-refractivity contribution in [1.29, 1.82) is 0 Å². The Balaban J connectivity index is 2.20.